The molecule has 1 saturated carbocycles. The van der Waals surface area contributed by atoms with Crippen LogP contribution >= 0.6 is 0 Å². The van der Waals surface area contributed by atoms with E-state index in [4.69, 9.17) is 4.74 Å². The fourth-order valence-electron chi connectivity index (χ4n) is 3.09. The third kappa shape index (κ3) is 3.09. The molecule has 0 bridgehead atoms. The van der Waals surface area contributed by atoms with Gasteiger partial charge in [0, 0.05) is 6.54 Å². The van der Waals surface area contributed by atoms with Crippen molar-refractivity contribution in [1.29, 1.82) is 0 Å². The summed E-state index contributed by atoms with van der Waals surface area (Å²) in [5, 5.41) is 12.8. The van der Waals surface area contributed by atoms with E-state index in [0.29, 0.717) is 13.0 Å². The number of ether oxygens (including phenoxy) is 1. The largest absolute Gasteiger partial charge is 0.508 e. The van der Waals surface area contributed by atoms with Gasteiger partial charge in [-0.15, -0.1) is 0 Å². The Bertz CT molecular complexity index is 750. The number of carbonyl (C=O) groups excluding carboxylic acids is 1. The van der Waals surface area contributed by atoms with Gasteiger partial charge in [0.25, 0.3) is 0 Å². The molecule has 1 fully saturated rings. The van der Waals surface area contributed by atoms with E-state index in [9.17, 15) is 9.90 Å². The van der Waals surface area contributed by atoms with Gasteiger partial charge in [-0.2, -0.15) is 0 Å². The Morgan fingerprint density at radius 3 is 2.67 bits per heavy atom. The Labute approximate surface area is 142 Å². The predicted molar refractivity (Wildman–Crippen MR) is 93.5 cm³/mol. The Balaban J connectivity index is 1.65. The van der Waals surface area contributed by atoms with Crippen molar-refractivity contribution in [2.24, 2.45) is 0 Å². The molecule has 0 atom stereocenters. The monoisotopic (exact) mass is 325 g/mol. The summed E-state index contributed by atoms with van der Waals surface area (Å²) in [7, 11) is 1.65. The highest BCUT2D eigenvalue weighted by molar-refractivity contribution is 5.91. The van der Waals surface area contributed by atoms with Crippen LogP contribution in [0.25, 0.3) is 0 Å². The van der Waals surface area contributed by atoms with E-state index >= 15 is 0 Å². The van der Waals surface area contributed by atoms with Crippen molar-refractivity contribution in [2.45, 2.75) is 31.6 Å². The van der Waals surface area contributed by atoms with E-state index in [1.807, 2.05) is 37.3 Å². The SMILES string of the molecule is COc1cc(C2(C(=O)NCCc3ccccc3O)CC2)ccc1C. The lowest BCUT2D eigenvalue weighted by Gasteiger charge is -2.17. The summed E-state index contributed by atoms with van der Waals surface area (Å²) >= 11 is 0. The normalized spacial score (nSPS) is 14.9. The van der Waals surface area contributed by atoms with Gasteiger partial charge in [0.2, 0.25) is 5.91 Å². The number of aromatic hydroxyl groups is 1. The van der Waals surface area contributed by atoms with E-state index in [1.54, 1.807) is 19.2 Å². The first kappa shape index (κ1) is 16.4. The second kappa shape index (κ2) is 6.56. The second-order valence-electron chi connectivity index (χ2n) is 6.40. The lowest BCUT2D eigenvalue weighted by molar-refractivity contribution is -0.123. The van der Waals surface area contributed by atoms with E-state index in [-0.39, 0.29) is 11.7 Å². The van der Waals surface area contributed by atoms with Gasteiger partial charge in [0.15, 0.2) is 0 Å². The third-order valence-corrected chi connectivity index (χ3v) is 4.82. The quantitative estimate of drug-likeness (QED) is 0.858. The van der Waals surface area contributed by atoms with Gasteiger partial charge in [0.1, 0.15) is 11.5 Å². The zero-order valence-electron chi connectivity index (χ0n) is 14.1. The van der Waals surface area contributed by atoms with Gasteiger partial charge in [0.05, 0.1) is 12.5 Å². The van der Waals surface area contributed by atoms with Gasteiger partial charge in [-0.1, -0.05) is 30.3 Å². The van der Waals surface area contributed by atoms with Crippen molar-refractivity contribution in [3.05, 3.63) is 59.2 Å². The molecule has 0 spiro atoms. The van der Waals surface area contributed by atoms with Crippen LogP contribution < -0.4 is 10.1 Å². The molecule has 0 aromatic heterocycles. The highest BCUT2D eigenvalue weighted by Crippen LogP contribution is 2.49. The van der Waals surface area contributed by atoms with Crippen LogP contribution in [0.4, 0.5) is 0 Å². The van der Waals surface area contributed by atoms with Crippen LogP contribution in [0.1, 0.15) is 29.5 Å². The topological polar surface area (TPSA) is 58.6 Å². The molecule has 0 saturated heterocycles. The van der Waals surface area contributed by atoms with Crippen molar-refractivity contribution >= 4 is 5.91 Å². The lowest BCUT2D eigenvalue weighted by atomic mass is 9.93. The molecule has 4 heteroatoms. The Morgan fingerprint density at radius 1 is 1.25 bits per heavy atom. The number of methoxy groups -OCH3 is 1. The van der Waals surface area contributed by atoms with Crippen LogP contribution in [0.3, 0.4) is 0 Å². The number of amides is 1. The zero-order chi connectivity index (χ0) is 17.2. The van der Waals surface area contributed by atoms with E-state index in [0.717, 1.165) is 35.3 Å². The van der Waals surface area contributed by atoms with Crippen molar-refractivity contribution in [1.82, 2.24) is 5.32 Å². The zero-order valence-corrected chi connectivity index (χ0v) is 14.1. The third-order valence-electron chi connectivity index (χ3n) is 4.82. The molecule has 0 radical (unpaired) electrons. The number of benzene rings is 2. The minimum absolute atomic E-state index is 0.0591. The first-order valence-corrected chi connectivity index (χ1v) is 8.27. The van der Waals surface area contributed by atoms with E-state index in [2.05, 4.69) is 5.32 Å². The molecule has 1 aliphatic carbocycles. The number of nitrogens with one attached hydrogen (secondary N) is 1. The number of phenols is 1. The lowest BCUT2D eigenvalue weighted by Crippen LogP contribution is -2.36. The number of phenolic OH excluding ortho intramolecular Hbond substituents is 1. The Kier molecular flexibility index (Phi) is 4.47. The summed E-state index contributed by atoms with van der Waals surface area (Å²) in [5.41, 5.74) is 2.52. The summed E-state index contributed by atoms with van der Waals surface area (Å²) in [5.74, 6) is 1.15. The molecule has 126 valence electrons. The van der Waals surface area contributed by atoms with Crippen LogP contribution in [0, 0.1) is 6.92 Å². The number of hydrogen-bond donors (Lipinski definition) is 2. The van der Waals surface area contributed by atoms with Gasteiger partial charge >= 0.3 is 0 Å². The molecule has 0 unspecified atom stereocenters. The summed E-state index contributed by atoms with van der Waals surface area (Å²) in [6, 6.07) is 13.2. The van der Waals surface area contributed by atoms with Crippen LogP contribution in [-0.2, 0) is 16.6 Å². The summed E-state index contributed by atoms with van der Waals surface area (Å²) in [6.07, 6.45) is 2.34. The Hall–Kier alpha value is -2.49. The number of hydrogen-bond acceptors (Lipinski definition) is 3. The van der Waals surface area contributed by atoms with Crippen molar-refractivity contribution in [2.75, 3.05) is 13.7 Å². The fourth-order valence-corrected chi connectivity index (χ4v) is 3.09. The molecular weight excluding hydrogens is 302 g/mol. The van der Waals surface area contributed by atoms with Gasteiger partial charge < -0.3 is 15.2 Å². The summed E-state index contributed by atoms with van der Waals surface area (Å²) < 4.78 is 5.38. The number of para-hydroxylation sites is 1. The standard InChI is InChI=1S/C20H23NO3/c1-14-7-8-16(13-18(14)24-2)20(10-11-20)19(23)21-12-9-15-5-3-4-6-17(15)22/h3-8,13,22H,9-12H2,1-2H3,(H,21,23). The molecule has 1 aliphatic rings. The van der Waals surface area contributed by atoms with Crippen LogP contribution in [-0.4, -0.2) is 24.7 Å². The molecular formula is C20H23NO3. The fraction of sp³-hybridized carbons (Fsp3) is 0.350. The first-order chi connectivity index (χ1) is 11.6. The number of rotatable bonds is 6. The number of carbonyl (C=O) groups is 1. The van der Waals surface area contributed by atoms with Crippen LogP contribution in [0.2, 0.25) is 0 Å². The molecule has 2 aromatic rings. The molecule has 4 nitrogen and oxygen atoms in total. The van der Waals surface area contributed by atoms with Crippen molar-refractivity contribution < 1.29 is 14.6 Å². The van der Waals surface area contributed by atoms with Crippen LogP contribution in [0.15, 0.2) is 42.5 Å². The maximum Gasteiger partial charge on any atom is 0.230 e. The van der Waals surface area contributed by atoms with Crippen molar-refractivity contribution in [3.8, 4) is 11.5 Å². The van der Waals surface area contributed by atoms with Gasteiger partial charge in [-0.3, -0.25) is 4.79 Å². The molecule has 0 heterocycles. The van der Waals surface area contributed by atoms with Gasteiger partial charge in [-0.25, -0.2) is 0 Å². The maximum absolute atomic E-state index is 12.7. The molecule has 24 heavy (non-hydrogen) atoms. The smallest absolute Gasteiger partial charge is 0.230 e. The summed E-state index contributed by atoms with van der Waals surface area (Å²) in [4.78, 5) is 12.7. The molecule has 0 aliphatic heterocycles. The average Bonchev–Trinajstić information content (AvgIpc) is 3.39. The predicted octanol–water partition coefficient (Wildman–Crippen LogP) is 3.10. The number of aryl methyl sites for hydroxylation is 1. The Morgan fingerprint density at radius 2 is 2.00 bits per heavy atom. The summed E-state index contributed by atoms with van der Waals surface area (Å²) in [6.45, 7) is 2.51. The molecule has 3 rings (SSSR count). The maximum atomic E-state index is 12.7. The van der Waals surface area contributed by atoms with Gasteiger partial charge in [-0.05, 0) is 55.0 Å². The molecule has 2 aromatic carbocycles. The van der Waals surface area contributed by atoms with Crippen LogP contribution in [0.5, 0.6) is 11.5 Å². The van der Waals surface area contributed by atoms with E-state index < -0.39 is 5.41 Å². The molecule has 2 N–H and O–H groups in total. The van der Waals surface area contributed by atoms with Crippen molar-refractivity contribution in [3.63, 3.8) is 0 Å². The highest BCUT2D eigenvalue weighted by atomic mass is 16.5. The molecule has 1 amide bonds. The highest BCUT2D eigenvalue weighted by Gasteiger charge is 2.51. The van der Waals surface area contributed by atoms with E-state index in [1.165, 1.54) is 0 Å². The second-order valence-corrected chi connectivity index (χ2v) is 6.40. The average molecular weight is 325 g/mol. The minimum atomic E-state index is -0.417. The first-order valence-electron chi connectivity index (χ1n) is 8.27. The minimum Gasteiger partial charge on any atom is -0.508 e.